The monoisotopic (exact) mass is 262 g/mol. The maximum atomic E-state index is 6.02. The summed E-state index contributed by atoms with van der Waals surface area (Å²) in [5.74, 6) is 0. The normalized spacial score (nSPS) is 18.7. The van der Waals surface area contributed by atoms with Gasteiger partial charge in [0.15, 0.2) is 0 Å². The van der Waals surface area contributed by atoms with Gasteiger partial charge in [-0.25, -0.2) is 0 Å². The summed E-state index contributed by atoms with van der Waals surface area (Å²) in [6.45, 7) is 6.64. The Morgan fingerprint density at radius 1 is 1.21 bits per heavy atom. The van der Waals surface area contributed by atoms with E-state index in [1.54, 1.807) is 0 Å². The summed E-state index contributed by atoms with van der Waals surface area (Å²) in [5, 5.41) is 0. The molecule has 2 N–H and O–H groups in total. The Bertz CT molecular complexity index is 382. The topological polar surface area (TPSA) is 38.5 Å². The summed E-state index contributed by atoms with van der Waals surface area (Å²) in [4.78, 5) is 2.39. The number of benzene rings is 1. The first-order valence-electron chi connectivity index (χ1n) is 7.15. The van der Waals surface area contributed by atoms with Gasteiger partial charge in [-0.3, -0.25) is 0 Å². The van der Waals surface area contributed by atoms with Crippen molar-refractivity contribution in [2.45, 2.75) is 26.3 Å². The first-order valence-corrected chi connectivity index (χ1v) is 7.15. The standard InChI is InChI=1S/C16H26N2O/c1-14-3-5-15(6-4-14)11-18(2)13-16(12-17)7-9-19-10-8-16/h3-6H,7-13,17H2,1-2H3. The molecule has 0 saturated carbocycles. The Morgan fingerprint density at radius 2 is 1.84 bits per heavy atom. The van der Waals surface area contributed by atoms with E-state index in [-0.39, 0.29) is 5.41 Å². The Labute approximate surface area is 116 Å². The van der Waals surface area contributed by atoms with Gasteiger partial charge in [0, 0.05) is 26.3 Å². The average molecular weight is 262 g/mol. The van der Waals surface area contributed by atoms with Gasteiger partial charge in [0.2, 0.25) is 0 Å². The lowest BCUT2D eigenvalue weighted by atomic mass is 9.80. The molecular formula is C16H26N2O. The highest BCUT2D eigenvalue weighted by Crippen LogP contribution is 2.30. The van der Waals surface area contributed by atoms with Gasteiger partial charge in [-0.05, 0) is 44.3 Å². The molecule has 19 heavy (non-hydrogen) atoms. The molecule has 1 saturated heterocycles. The predicted molar refractivity (Wildman–Crippen MR) is 79.1 cm³/mol. The van der Waals surface area contributed by atoms with Crippen molar-refractivity contribution in [3.63, 3.8) is 0 Å². The second-order valence-corrected chi connectivity index (χ2v) is 5.97. The molecule has 0 bridgehead atoms. The van der Waals surface area contributed by atoms with E-state index >= 15 is 0 Å². The smallest absolute Gasteiger partial charge is 0.0472 e. The van der Waals surface area contributed by atoms with E-state index in [0.717, 1.165) is 45.7 Å². The fraction of sp³-hybridized carbons (Fsp3) is 0.625. The molecule has 3 heteroatoms. The molecule has 1 aromatic carbocycles. The van der Waals surface area contributed by atoms with Crippen LogP contribution in [0.3, 0.4) is 0 Å². The molecule has 3 nitrogen and oxygen atoms in total. The third-order valence-corrected chi connectivity index (χ3v) is 4.16. The summed E-state index contributed by atoms with van der Waals surface area (Å²) in [7, 11) is 2.19. The predicted octanol–water partition coefficient (Wildman–Crippen LogP) is 2.18. The van der Waals surface area contributed by atoms with E-state index in [0.29, 0.717) is 0 Å². The van der Waals surface area contributed by atoms with Crippen LogP contribution in [-0.2, 0) is 11.3 Å². The van der Waals surface area contributed by atoms with E-state index in [1.807, 2.05) is 0 Å². The number of hydrogen-bond donors (Lipinski definition) is 1. The number of nitrogens with zero attached hydrogens (tertiary/aromatic N) is 1. The number of aryl methyl sites for hydroxylation is 1. The molecule has 0 atom stereocenters. The molecule has 0 unspecified atom stereocenters. The van der Waals surface area contributed by atoms with Gasteiger partial charge in [-0.15, -0.1) is 0 Å². The Kier molecular flexibility index (Phi) is 4.97. The quantitative estimate of drug-likeness (QED) is 0.884. The molecule has 1 heterocycles. The van der Waals surface area contributed by atoms with Crippen LogP contribution in [-0.4, -0.2) is 38.3 Å². The van der Waals surface area contributed by atoms with Crippen LogP contribution < -0.4 is 5.73 Å². The molecule has 0 amide bonds. The fourth-order valence-corrected chi connectivity index (χ4v) is 2.86. The SMILES string of the molecule is Cc1ccc(CN(C)CC2(CN)CCOCC2)cc1. The van der Waals surface area contributed by atoms with Gasteiger partial charge < -0.3 is 15.4 Å². The lowest BCUT2D eigenvalue weighted by molar-refractivity contribution is 0.00268. The lowest BCUT2D eigenvalue weighted by Gasteiger charge is -2.39. The van der Waals surface area contributed by atoms with Crippen LogP contribution in [0.1, 0.15) is 24.0 Å². The Balaban J connectivity index is 1.92. The second kappa shape index (κ2) is 6.51. The van der Waals surface area contributed by atoms with Crippen molar-refractivity contribution in [2.24, 2.45) is 11.1 Å². The first kappa shape index (κ1) is 14.5. The summed E-state index contributed by atoms with van der Waals surface area (Å²) >= 11 is 0. The van der Waals surface area contributed by atoms with E-state index in [9.17, 15) is 0 Å². The van der Waals surface area contributed by atoms with E-state index in [1.165, 1.54) is 11.1 Å². The van der Waals surface area contributed by atoms with Gasteiger partial charge >= 0.3 is 0 Å². The van der Waals surface area contributed by atoms with Crippen molar-refractivity contribution < 1.29 is 4.74 Å². The third-order valence-electron chi connectivity index (χ3n) is 4.16. The number of hydrogen-bond acceptors (Lipinski definition) is 3. The molecule has 0 aromatic heterocycles. The molecule has 1 aliphatic rings. The van der Waals surface area contributed by atoms with E-state index in [4.69, 9.17) is 10.5 Å². The Hall–Kier alpha value is -0.900. The van der Waals surface area contributed by atoms with Gasteiger partial charge in [-0.2, -0.15) is 0 Å². The number of rotatable bonds is 5. The minimum atomic E-state index is 0.248. The van der Waals surface area contributed by atoms with Gasteiger partial charge in [0.05, 0.1) is 0 Å². The first-order chi connectivity index (χ1) is 9.13. The van der Waals surface area contributed by atoms with Crippen molar-refractivity contribution in [3.8, 4) is 0 Å². The minimum absolute atomic E-state index is 0.248. The second-order valence-electron chi connectivity index (χ2n) is 5.97. The van der Waals surface area contributed by atoms with Crippen LogP contribution in [0.4, 0.5) is 0 Å². The zero-order valence-electron chi connectivity index (χ0n) is 12.2. The zero-order chi connectivity index (χ0) is 13.7. The van der Waals surface area contributed by atoms with Crippen molar-refractivity contribution in [1.82, 2.24) is 4.90 Å². The summed E-state index contributed by atoms with van der Waals surface area (Å²) in [6, 6.07) is 8.78. The average Bonchev–Trinajstić information content (AvgIpc) is 2.42. The van der Waals surface area contributed by atoms with Crippen molar-refractivity contribution in [3.05, 3.63) is 35.4 Å². The van der Waals surface area contributed by atoms with Crippen molar-refractivity contribution >= 4 is 0 Å². The molecule has 0 aliphatic carbocycles. The molecule has 2 rings (SSSR count). The van der Waals surface area contributed by atoms with Crippen LogP contribution in [0, 0.1) is 12.3 Å². The summed E-state index contributed by atoms with van der Waals surface area (Å²) in [6.07, 6.45) is 2.17. The highest BCUT2D eigenvalue weighted by Gasteiger charge is 2.32. The molecule has 0 spiro atoms. The van der Waals surface area contributed by atoms with Crippen molar-refractivity contribution in [2.75, 3.05) is 33.4 Å². The molecule has 1 aliphatic heterocycles. The lowest BCUT2D eigenvalue weighted by Crippen LogP contribution is -2.44. The highest BCUT2D eigenvalue weighted by molar-refractivity contribution is 5.21. The maximum Gasteiger partial charge on any atom is 0.0472 e. The zero-order valence-corrected chi connectivity index (χ0v) is 12.2. The summed E-state index contributed by atoms with van der Waals surface area (Å²) in [5.41, 5.74) is 8.95. The van der Waals surface area contributed by atoms with Crippen LogP contribution in [0.5, 0.6) is 0 Å². The van der Waals surface area contributed by atoms with Crippen molar-refractivity contribution in [1.29, 1.82) is 0 Å². The number of ether oxygens (including phenoxy) is 1. The van der Waals surface area contributed by atoms with Gasteiger partial charge in [0.25, 0.3) is 0 Å². The molecular weight excluding hydrogens is 236 g/mol. The van der Waals surface area contributed by atoms with Crippen LogP contribution in [0.15, 0.2) is 24.3 Å². The van der Waals surface area contributed by atoms with Crippen LogP contribution >= 0.6 is 0 Å². The van der Waals surface area contributed by atoms with E-state index in [2.05, 4.69) is 43.1 Å². The minimum Gasteiger partial charge on any atom is -0.381 e. The molecule has 106 valence electrons. The molecule has 1 aromatic rings. The van der Waals surface area contributed by atoms with Gasteiger partial charge in [-0.1, -0.05) is 29.8 Å². The molecule has 1 fully saturated rings. The summed E-state index contributed by atoms with van der Waals surface area (Å²) < 4.78 is 5.47. The third kappa shape index (κ3) is 4.03. The van der Waals surface area contributed by atoms with E-state index < -0.39 is 0 Å². The maximum absolute atomic E-state index is 6.02. The van der Waals surface area contributed by atoms with Gasteiger partial charge in [0.1, 0.15) is 0 Å². The molecule has 0 radical (unpaired) electrons. The highest BCUT2D eigenvalue weighted by atomic mass is 16.5. The number of nitrogens with two attached hydrogens (primary N) is 1. The Morgan fingerprint density at radius 3 is 2.42 bits per heavy atom. The van der Waals surface area contributed by atoms with Crippen LogP contribution in [0.25, 0.3) is 0 Å². The van der Waals surface area contributed by atoms with Crippen LogP contribution in [0.2, 0.25) is 0 Å². The largest absolute Gasteiger partial charge is 0.381 e. The fourth-order valence-electron chi connectivity index (χ4n) is 2.86.